The van der Waals surface area contributed by atoms with Gasteiger partial charge in [-0.25, -0.2) is 0 Å². The van der Waals surface area contributed by atoms with E-state index in [0.29, 0.717) is 23.3 Å². The van der Waals surface area contributed by atoms with Gasteiger partial charge < -0.3 is 10.2 Å². The maximum atomic E-state index is 12.6. The molecule has 0 saturated heterocycles. The maximum absolute atomic E-state index is 12.6. The largest absolute Gasteiger partial charge is 0.372 e. The van der Waals surface area contributed by atoms with E-state index in [0.717, 1.165) is 25.9 Å². The van der Waals surface area contributed by atoms with Crippen LogP contribution in [-0.2, 0) is 0 Å². The number of nitrogens with one attached hydrogen (secondary N) is 1. The summed E-state index contributed by atoms with van der Waals surface area (Å²) in [6.07, 6.45) is 2.01. The van der Waals surface area contributed by atoms with Crippen LogP contribution >= 0.6 is 0 Å². The topological polar surface area (TPSA) is 58.1 Å². The van der Waals surface area contributed by atoms with Gasteiger partial charge >= 0.3 is 0 Å². The van der Waals surface area contributed by atoms with Crippen molar-refractivity contribution in [2.45, 2.75) is 40.5 Å². The van der Waals surface area contributed by atoms with E-state index >= 15 is 0 Å². The summed E-state index contributed by atoms with van der Waals surface area (Å²) in [5.41, 5.74) is 0.418. The molecule has 0 aliphatic heterocycles. The molecule has 5 nitrogen and oxygen atoms in total. The highest BCUT2D eigenvalue weighted by Gasteiger charge is 2.18. The lowest BCUT2D eigenvalue weighted by molar-refractivity contribution is 0.0733. The molecule has 0 saturated carbocycles. The zero-order valence-electron chi connectivity index (χ0n) is 13.9. The fraction of sp³-hybridized carbons (Fsp3) is 0.688. The van der Waals surface area contributed by atoms with Crippen LogP contribution in [0.4, 0.5) is 5.82 Å². The van der Waals surface area contributed by atoms with Gasteiger partial charge in [-0.3, -0.25) is 4.79 Å². The van der Waals surface area contributed by atoms with E-state index in [1.807, 2.05) is 4.90 Å². The molecule has 21 heavy (non-hydrogen) atoms. The quantitative estimate of drug-likeness (QED) is 0.800. The second-order valence-corrected chi connectivity index (χ2v) is 6.21. The van der Waals surface area contributed by atoms with Crippen molar-refractivity contribution in [3.63, 3.8) is 0 Å². The van der Waals surface area contributed by atoms with Crippen molar-refractivity contribution in [3.05, 3.63) is 17.8 Å². The monoisotopic (exact) mass is 292 g/mol. The van der Waals surface area contributed by atoms with Crippen LogP contribution in [0.15, 0.2) is 12.1 Å². The van der Waals surface area contributed by atoms with Crippen LogP contribution in [0.3, 0.4) is 0 Å². The van der Waals surface area contributed by atoms with E-state index in [2.05, 4.69) is 43.2 Å². The Balaban J connectivity index is 2.75. The smallest absolute Gasteiger partial charge is 0.274 e. The summed E-state index contributed by atoms with van der Waals surface area (Å²) in [6, 6.07) is 3.52. The third kappa shape index (κ3) is 6.10. The van der Waals surface area contributed by atoms with Gasteiger partial charge in [0.1, 0.15) is 5.82 Å². The van der Waals surface area contributed by atoms with Gasteiger partial charge in [0.05, 0.1) is 0 Å². The molecular weight excluding hydrogens is 264 g/mol. The molecule has 118 valence electrons. The Kier molecular flexibility index (Phi) is 7.12. The second kappa shape index (κ2) is 8.60. The van der Waals surface area contributed by atoms with Crippen LogP contribution in [0.5, 0.6) is 0 Å². The van der Waals surface area contributed by atoms with Crippen LogP contribution in [0, 0.1) is 11.8 Å². The Morgan fingerprint density at radius 2 is 1.67 bits per heavy atom. The summed E-state index contributed by atoms with van der Waals surface area (Å²) < 4.78 is 0. The first-order chi connectivity index (χ1) is 9.93. The zero-order valence-corrected chi connectivity index (χ0v) is 13.9. The van der Waals surface area contributed by atoms with Crippen LogP contribution in [0.25, 0.3) is 0 Å². The van der Waals surface area contributed by atoms with Crippen LogP contribution < -0.4 is 5.32 Å². The first-order valence-corrected chi connectivity index (χ1v) is 7.74. The Morgan fingerprint density at radius 3 is 2.05 bits per heavy atom. The zero-order chi connectivity index (χ0) is 15.8. The molecule has 0 aromatic carbocycles. The van der Waals surface area contributed by atoms with Gasteiger partial charge in [-0.1, -0.05) is 27.7 Å². The van der Waals surface area contributed by atoms with Gasteiger partial charge in [0.15, 0.2) is 5.69 Å². The van der Waals surface area contributed by atoms with Gasteiger partial charge in [0.25, 0.3) is 5.91 Å². The van der Waals surface area contributed by atoms with Crippen LogP contribution in [0.1, 0.15) is 51.0 Å². The molecule has 1 heterocycles. The minimum Gasteiger partial charge on any atom is -0.372 e. The molecule has 1 rings (SSSR count). The fourth-order valence-electron chi connectivity index (χ4n) is 1.88. The van der Waals surface area contributed by atoms with Gasteiger partial charge in [-0.2, -0.15) is 0 Å². The van der Waals surface area contributed by atoms with Gasteiger partial charge in [0, 0.05) is 20.1 Å². The SMILES string of the molecule is CNc1ccc(C(=O)N(CCC(C)C)CCC(C)C)nn1. The molecule has 1 aromatic rings. The second-order valence-electron chi connectivity index (χ2n) is 6.21. The highest BCUT2D eigenvalue weighted by molar-refractivity contribution is 5.92. The lowest BCUT2D eigenvalue weighted by atomic mass is 10.1. The number of rotatable bonds is 8. The van der Waals surface area contributed by atoms with E-state index in [1.165, 1.54) is 0 Å². The summed E-state index contributed by atoms with van der Waals surface area (Å²) in [5.74, 6) is 1.81. The summed E-state index contributed by atoms with van der Waals surface area (Å²) >= 11 is 0. The average Bonchev–Trinajstić information content (AvgIpc) is 2.46. The molecule has 0 aliphatic carbocycles. The number of amides is 1. The third-order valence-electron chi connectivity index (χ3n) is 3.38. The van der Waals surface area contributed by atoms with Crippen molar-refractivity contribution < 1.29 is 4.79 Å². The lowest BCUT2D eigenvalue weighted by Crippen LogP contribution is -2.34. The number of hydrogen-bond acceptors (Lipinski definition) is 4. The molecule has 0 bridgehead atoms. The number of hydrogen-bond donors (Lipinski definition) is 1. The van der Waals surface area contributed by atoms with Gasteiger partial charge in [-0.15, -0.1) is 10.2 Å². The molecule has 0 radical (unpaired) electrons. The summed E-state index contributed by atoms with van der Waals surface area (Å²) in [6.45, 7) is 10.2. The lowest BCUT2D eigenvalue weighted by Gasteiger charge is -2.24. The maximum Gasteiger partial charge on any atom is 0.274 e. The van der Waals surface area contributed by atoms with Gasteiger partial charge in [-0.05, 0) is 36.8 Å². The first-order valence-electron chi connectivity index (χ1n) is 7.74. The Morgan fingerprint density at radius 1 is 1.10 bits per heavy atom. The molecule has 0 atom stereocenters. The summed E-state index contributed by atoms with van der Waals surface area (Å²) in [4.78, 5) is 14.5. The number of aromatic nitrogens is 2. The van der Waals surface area contributed by atoms with Crippen LogP contribution in [0.2, 0.25) is 0 Å². The number of carbonyl (C=O) groups is 1. The molecule has 0 fully saturated rings. The Hall–Kier alpha value is -1.65. The van der Waals surface area contributed by atoms with Crippen molar-refractivity contribution in [1.29, 1.82) is 0 Å². The third-order valence-corrected chi connectivity index (χ3v) is 3.38. The minimum atomic E-state index is -0.0218. The highest BCUT2D eigenvalue weighted by atomic mass is 16.2. The molecule has 1 amide bonds. The standard InChI is InChI=1S/C16H28N4O/c1-12(2)8-10-20(11-9-13(3)4)16(21)14-6-7-15(17-5)19-18-14/h6-7,12-13H,8-11H2,1-5H3,(H,17,19). The van der Waals surface area contributed by atoms with E-state index in [1.54, 1.807) is 19.2 Å². The molecule has 0 unspecified atom stereocenters. The molecule has 1 N–H and O–H groups in total. The Labute approximate surface area is 128 Å². The number of nitrogens with zero attached hydrogens (tertiary/aromatic N) is 3. The molecule has 0 aliphatic rings. The number of anilines is 1. The van der Waals surface area contributed by atoms with E-state index < -0.39 is 0 Å². The van der Waals surface area contributed by atoms with E-state index in [4.69, 9.17) is 0 Å². The van der Waals surface area contributed by atoms with Crippen LogP contribution in [-0.4, -0.2) is 41.1 Å². The predicted molar refractivity (Wildman–Crippen MR) is 86.4 cm³/mol. The molecule has 1 aromatic heterocycles. The fourth-order valence-corrected chi connectivity index (χ4v) is 1.88. The highest BCUT2D eigenvalue weighted by Crippen LogP contribution is 2.10. The normalized spacial score (nSPS) is 11.0. The van der Waals surface area contributed by atoms with Crippen molar-refractivity contribution in [2.24, 2.45) is 11.8 Å². The summed E-state index contributed by atoms with van der Waals surface area (Å²) in [5, 5.41) is 10.9. The van der Waals surface area contributed by atoms with Gasteiger partial charge in [0.2, 0.25) is 0 Å². The van der Waals surface area contributed by atoms with E-state index in [9.17, 15) is 4.79 Å². The van der Waals surface area contributed by atoms with Crippen molar-refractivity contribution >= 4 is 11.7 Å². The van der Waals surface area contributed by atoms with Crippen molar-refractivity contribution in [3.8, 4) is 0 Å². The first kappa shape index (κ1) is 17.4. The minimum absolute atomic E-state index is 0.0218. The number of carbonyl (C=O) groups excluding carboxylic acids is 1. The van der Waals surface area contributed by atoms with E-state index in [-0.39, 0.29) is 5.91 Å². The van der Waals surface area contributed by atoms with Crippen molar-refractivity contribution in [1.82, 2.24) is 15.1 Å². The molecular formula is C16H28N4O. The molecule has 5 heteroatoms. The van der Waals surface area contributed by atoms with Crippen molar-refractivity contribution in [2.75, 3.05) is 25.5 Å². The average molecular weight is 292 g/mol. The summed E-state index contributed by atoms with van der Waals surface area (Å²) in [7, 11) is 1.78. The molecule has 0 spiro atoms. The predicted octanol–water partition coefficient (Wildman–Crippen LogP) is 3.05. The Bertz CT molecular complexity index is 416.